The van der Waals surface area contributed by atoms with Crippen LogP contribution < -0.4 is 10.6 Å². The summed E-state index contributed by atoms with van der Waals surface area (Å²) in [6, 6.07) is 9.34. The van der Waals surface area contributed by atoms with Gasteiger partial charge in [0.15, 0.2) is 5.96 Å². The second-order valence-corrected chi connectivity index (χ2v) is 7.87. The standard InChI is InChI=1S/C21H33N3O/c1-5-15-7-9-16(10-8-15)11-13-23-20(22-6-2)24-18-17-12-14-25-19(17)21(18,3)4/h7-10,17-19H,5-6,11-14H2,1-4H3,(H2,22,23,24). The minimum atomic E-state index is 0.174. The summed E-state index contributed by atoms with van der Waals surface area (Å²) in [6.45, 7) is 11.5. The number of aliphatic imine (C=N–C) groups is 1. The molecule has 4 heteroatoms. The Hall–Kier alpha value is -1.55. The van der Waals surface area contributed by atoms with E-state index >= 15 is 0 Å². The highest BCUT2D eigenvalue weighted by atomic mass is 16.5. The van der Waals surface area contributed by atoms with Crippen LogP contribution >= 0.6 is 0 Å². The summed E-state index contributed by atoms with van der Waals surface area (Å²) in [4.78, 5) is 4.81. The van der Waals surface area contributed by atoms with Gasteiger partial charge in [-0.15, -0.1) is 0 Å². The Labute approximate surface area is 152 Å². The van der Waals surface area contributed by atoms with Crippen LogP contribution in [0.15, 0.2) is 29.3 Å². The fourth-order valence-electron chi connectivity index (χ4n) is 4.32. The van der Waals surface area contributed by atoms with E-state index in [1.54, 1.807) is 0 Å². The molecule has 4 nitrogen and oxygen atoms in total. The molecule has 1 saturated heterocycles. The molecule has 3 rings (SSSR count). The van der Waals surface area contributed by atoms with Crippen molar-refractivity contribution < 1.29 is 4.74 Å². The molecule has 1 aromatic rings. The summed E-state index contributed by atoms with van der Waals surface area (Å²) < 4.78 is 5.90. The molecule has 1 aliphatic carbocycles. The zero-order valence-corrected chi connectivity index (χ0v) is 16.1. The lowest BCUT2D eigenvalue weighted by Crippen LogP contribution is -2.68. The zero-order chi connectivity index (χ0) is 17.9. The van der Waals surface area contributed by atoms with E-state index in [4.69, 9.17) is 9.73 Å². The Morgan fingerprint density at radius 1 is 1.20 bits per heavy atom. The van der Waals surface area contributed by atoms with Crippen LogP contribution in [0.2, 0.25) is 0 Å². The van der Waals surface area contributed by atoms with Gasteiger partial charge < -0.3 is 15.4 Å². The number of aryl methyl sites for hydroxylation is 1. The maximum atomic E-state index is 5.90. The Morgan fingerprint density at radius 3 is 2.60 bits per heavy atom. The lowest BCUT2D eigenvalue weighted by Gasteiger charge is -2.54. The maximum Gasteiger partial charge on any atom is 0.191 e. The Morgan fingerprint density at radius 2 is 1.92 bits per heavy atom. The van der Waals surface area contributed by atoms with Crippen molar-refractivity contribution in [3.05, 3.63) is 35.4 Å². The molecule has 1 heterocycles. The van der Waals surface area contributed by atoms with Crippen molar-refractivity contribution in [2.24, 2.45) is 16.3 Å². The minimum Gasteiger partial charge on any atom is -0.377 e. The van der Waals surface area contributed by atoms with E-state index in [9.17, 15) is 0 Å². The van der Waals surface area contributed by atoms with E-state index in [1.807, 2.05) is 0 Å². The van der Waals surface area contributed by atoms with Crippen molar-refractivity contribution in [1.82, 2.24) is 10.6 Å². The molecular formula is C21H33N3O. The summed E-state index contributed by atoms with van der Waals surface area (Å²) in [6.07, 6.45) is 3.64. The monoisotopic (exact) mass is 343 g/mol. The van der Waals surface area contributed by atoms with Gasteiger partial charge in [-0.05, 0) is 37.3 Å². The highest BCUT2D eigenvalue weighted by Gasteiger charge is 2.59. The van der Waals surface area contributed by atoms with Crippen LogP contribution in [0.25, 0.3) is 0 Å². The van der Waals surface area contributed by atoms with Crippen LogP contribution in [0.3, 0.4) is 0 Å². The zero-order valence-electron chi connectivity index (χ0n) is 16.1. The second kappa shape index (κ2) is 7.77. The number of nitrogens with one attached hydrogen (secondary N) is 2. The third kappa shape index (κ3) is 3.84. The predicted octanol–water partition coefficient (Wildman–Crippen LogP) is 3.16. The molecule has 0 spiro atoms. The first kappa shape index (κ1) is 18.2. The fourth-order valence-corrected chi connectivity index (χ4v) is 4.32. The van der Waals surface area contributed by atoms with Crippen LogP contribution in [0.1, 0.15) is 45.2 Å². The second-order valence-electron chi connectivity index (χ2n) is 7.87. The van der Waals surface area contributed by atoms with Gasteiger partial charge in [0.05, 0.1) is 6.10 Å². The lowest BCUT2D eigenvalue weighted by molar-refractivity contribution is -0.106. The third-order valence-electron chi connectivity index (χ3n) is 5.84. The average Bonchev–Trinajstić information content (AvgIpc) is 3.07. The van der Waals surface area contributed by atoms with E-state index in [0.717, 1.165) is 44.9 Å². The normalized spacial score (nSPS) is 27.5. The van der Waals surface area contributed by atoms with Gasteiger partial charge in [-0.2, -0.15) is 0 Å². The van der Waals surface area contributed by atoms with E-state index in [2.05, 4.69) is 62.6 Å². The van der Waals surface area contributed by atoms with Crippen molar-refractivity contribution in [2.75, 3.05) is 19.7 Å². The van der Waals surface area contributed by atoms with Gasteiger partial charge in [0.25, 0.3) is 0 Å². The minimum absolute atomic E-state index is 0.174. The number of hydrogen-bond acceptors (Lipinski definition) is 2. The molecule has 2 N–H and O–H groups in total. The molecule has 1 aliphatic heterocycles. The molecule has 1 aromatic carbocycles. The van der Waals surface area contributed by atoms with Crippen molar-refractivity contribution >= 4 is 5.96 Å². The quantitative estimate of drug-likeness (QED) is 0.616. The molecular weight excluding hydrogens is 310 g/mol. The molecule has 0 amide bonds. The average molecular weight is 344 g/mol. The number of fused-ring (bicyclic) bond motifs is 1. The Bertz CT molecular complexity index is 594. The molecule has 0 aromatic heterocycles. The number of benzene rings is 1. The summed E-state index contributed by atoms with van der Waals surface area (Å²) in [5, 5.41) is 7.08. The highest BCUT2D eigenvalue weighted by Crippen LogP contribution is 2.52. The van der Waals surface area contributed by atoms with Crippen molar-refractivity contribution in [3.63, 3.8) is 0 Å². The smallest absolute Gasteiger partial charge is 0.191 e. The van der Waals surface area contributed by atoms with E-state index in [0.29, 0.717) is 18.1 Å². The molecule has 1 saturated carbocycles. The molecule has 25 heavy (non-hydrogen) atoms. The largest absolute Gasteiger partial charge is 0.377 e. The molecule has 2 aliphatic rings. The summed E-state index contributed by atoms with van der Waals surface area (Å²) in [5.74, 6) is 1.57. The highest BCUT2D eigenvalue weighted by molar-refractivity contribution is 5.80. The first-order valence-electron chi connectivity index (χ1n) is 9.80. The third-order valence-corrected chi connectivity index (χ3v) is 5.84. The van der Waals surface area contributed by atoms with Crippen LogP contribution in [-0.2, 0) is 17.6 Å². The first-order valence-corrected chi connectivity index (χ1v) is 9.80. The molecule has 3 unspecified atom stereocenters. The number of rotatable bonds is 6. The van der Waals surface area contributed by atoms with E-state index in [1.165, 1.54) is 11.1 Å². The predicted molar refractivity (Wildman–Crippen MR) is 104 cm³/mol. The fraction of sp³-hybridized carbons (Fsp3) is 0.667. The van der Waals surface area contributed by atoms with Gasteiger partial charge in [0.1, 0.15) is 0 Å². The summed E-state index contributed by atoms with van der Waals surface area (Å²) in [7, 11) is 0. The number of nitrogens with zero attached hydrogens (tertiary/aromatic N) is 1. The van der Waals surface area contributed by atoms with Crippen LogP contribution in [0.4, 0.5) is 0 Å². The van der Waals surface area contributed by atoms with E-state index < -0.39 is 0 Å². The van der Waals surface area contributed by atoms with E-state index in [-0.39, 0.29) is 5.41 Å². The summed E-state index contributed by atoms with van der Waals surface area (Å²) >= 11 is 0. The SMILES string of the molecule is CCNC(=NCCc1ccc(CC)cc1)NC1C2CCOC2C1(C)C. The van der Waals surface area contributed by atoms with Crippen LogP contribution in [0, 0.1) is 11.3 Å². The first-order chi connectivity index (χ1) is 12.1. The summed E-state index contributed by atoms with van der Waals surface area (Å²) in [5.41, 5.74) is 2.92. The Balaban J connectivity index is 1.57. The molecule has 138 valence electrons. The molecule has 2 fully saturated rings. The van der Waals surface area contributed by atoms with Crippen molar-refractivity contribution in [1.29, 1.82) is 0 Å². The maximum absolute atomic E-state index is 5.90. The Kier molecular flexibility index (Phi) is 5.67. The van der Waals surface area contributed by atoms with Crippen LogP contribution in [0.5, 0.6) is 0 Å². The van der Waals surface area contributed by atoms with Gasteiger partial charge in [0, 0.05) is 37.1 Å². The van der Waals surface area contributed by atoms with Crippen molar-refractivity contribution in [2.45, 2.75) is 59.1 Å². The lowest BCUT2D eigenvalue weighted by atomic mass is 9.57. The van der Waals surface area contributed by atoms with Crippen molar-refractivity contribution in [3.8, 4) is 0 Å². The molecule has 0 bridgehead atoms. The number of ether oxygens (including phenoxy) is 1. The van der Waals surface area contributed by atoms with Gasteiger partial charge >= 0.3 is 0 Å². The van der Waals surface area contributed by atoms with Crippen LogP contribution in [-0.4, -0.2) is 37.8 Å². The van der Waals surface area contributed by atoms with Gasteiger partial charge in [-0.3, -0.25) is 4.99 Å². The molecule has 3 atom stereocenters. The topological polar surface area (TPSA) is 45.7 Å². The van der Waals surface area contributed by atoms with Gasteiger partial charge in [-0.25, -0.2) is 0 Å². The number of guanidine groups is 1. The van der Waals surface area contributed by atoms with Gasteiger partial charge in [0.2, 0.25) is 0 Å². The van der Waals surface area contributed by atoms with Gasteiger partial charge in [-0.1, -0.05) is 45.0 Å². The molecule has 0 radical (unpaired) electrons. The number of hydrogen-bond donors (Lipinski definition) is 2.